The van der Waals surface area contributed by atoms with Gasteiger partial charge in [0.05, 0.1) is 0 Å². The summed E-state index contributed by atoms with van der Waals surface area (Å²) in [7, 11) is -1.31. The summed E-state index contributed by atoms with van der Waals surface area (Å²) in [4.78, 5) is 0. The first-order chi connectivity index (χ1) is 5.85. The molecule has 12 heavy (non-hydrogen) atoms. The van der Waals surface area contributed by atoms with E-state index in [0.717, 1.165) is 32.1 Å². The highest BCUT2D eigenvalue weighted by atomic mass is 28.3. The second-order valence-corrected chi connectivity index (χ2v) is 4.66. The van der Waals surface area contributed by atoms with Crippen LogP contribution in [0, 0.1) is 0 Å². The minimum atomic E-state index is -1.31. The Balaban J connectivity index is 3.40. The topological polar surface area (TPSA) is 18.5 Å². The number of rotatable bonds is 8. The van der Waals surface area contributed by atoms with E-state index in [1.165, 1.54) is 0 Å². The molecule has 0 amide bonds. The minimum absolute atomic E-state index is 0.783. The molecule has 0 aromatic carbocycles. The van der Waals surface area contributed by atoms with Crippen LogP contribution >= 0.6 is 0 Å². The summed E-state index contributed by atoms with van der Waals surface area (Å²) in [6, 6.07) is 1.10. The van der Waals surface area contributed by atoms with Gasteiger partial charge in [-0.25, -0.2) is 0 Å². The molecule has 0 radical (unpaired) electrons. The van der Waals surface area contributed by atoms with E-state index in [-0.39, 0.29) is 0 Å². The zero-order chi connectivity index (χ0) is 9.23. The van der Waals surface area contributed by atoms with Gasteiger partial charge in [0.15, 0.2) is 0 Å². The largest absolute Gasteiger partial charge is 0.397 e. The van der Waals surface area contributed by atoms with Crippen molar-refractivity contribution in [1.82, 2.24) is 0 Å². The molecule has 2 nitrogen and oxygen atoms in total. The third-order valence-corrected chi connectivity index (χ3v) is 3.84. The van der Waals surface area contributed by atoms with E-state index in [0.29, 0.717) is 0 Å². The van der Waals surface area contributed by atoms with Crippen LogP contribution in [0.4, 0.5) is 0 Å². The van der Waals surface area contributed by atoms with Gasteiger partial charge in [0.2, 0.25) is 0 Å². The van der Waals surface area contributed by atoms with Crippen LogP contribution in [0.25, 0.3) is 0 Å². The summed E-state index contributed by atoms with van der Waals surface area (Å²) in [5, 5.41) is 0. The summed E-state index contributed by atoms with van der Waals surface area (Å²) in [6.07, 6.45) is 4.17. The number of unbranched alkanes of at least 4 members (excludes halogenated alkanes) is 1. The molecule has 0 aromatic heterocycles. The van der Waals surface area contributed by atoms with Crippen molar-refractivity contribution >= 4 is 9.28 Å². The van der Waals surface area contributed by atoms with Gasteiger partial charge < -0.3 is 8.85 Å². The fraction of sp³-hybridized carbons (Fsp3) is 0.778. The smallest absolute Gasteiger partial charge is 0.321 e. The quantitative estimate of drug-likeness (QED) is 0.330. The predicted octanol–water partition coefficient (Wildman–Crippen LogP) is 2.25. The highest BCUT2D eigenvalue weighted by Crippen LogP contribution is 2.04. The van der Waals surface area contributed by atoms with Gasteiger partial charge in [-0.05, 0) is 32.7 Å². The molecule has 0 aliphatic rings. The normalized spacial score (nSPS) is 10.6. The summed E-state index contributed by atoms with van der Waals surface area (Å²) < 4.78 is 11.0. The lowest BCUT2D eigenvalue weighted by Crippen LogP contribution is -2.22. The Labute approximate surface area is 77.4 Å². The lowest BCUT2D eigenvalue weighted by atomic mass is 10.3. The molecule has 0 bridgehead atoms. The molecule has 0 aromatic rings. The fourth-order valence-corrected chi connectivity index (χ4v) is 2.76. The van der Waals surface area contributed by atoms with Gasteiger partial charge in [-0.15, -0.1) is 6.58 Å². The van der Waals surface area contributed by atoms with Gasteiger partial charge in [-0.2, -0.15) is 0 Å². The van der Waals surface area contributed by atoms with Crippen LogP contribution < -0.4 is 0 Å². The van der Waals surface area contributed by atoms with Gasteiger partial charge in [-0.1, -0.05) is 6.08 Å². The van der Waals surface area contributed by atoms with E-state index < -0.39 is 9.28 Å². The van der Waals surface area contributed by atoms with Crippen LogP contribution in [0.3, 0.4) is 0 Å². The number of hydrogen-bond donors (Lipinski definition) is 0. The maximum atomic E-state index is 5.51. The monoisotopic (exact) mass is 188 g/mol. The second-order valence-electron chi connectivity index (χ2n) is 2.56. The molecule has 0 aliphatic heterocycles. The summed E-state index contributed by atoms with van der Waals surface area (Å²) in [5.74, 6) is 0. The van der Waals surface area contributed by atoms with Crippen LogP contribution in [0.5, 0.6) is 0 Å². The number of hydrogen-bond acceptors (Lipinski definition) is 2. The third kappa shape index (κ3) is 6.58. The summed E-state index contributed by atoms with van der Waals surface area (Å²) in [5.41, 5.74) is 0. The van der Waals surface area contributed by atoms with Gasteiger partial charge in [0.1, 0.15) is 0 Å². The number of allylic oxidation sites excluding steroid dienone is 1. The van der Waals surface area contributed by atoms with Crippen molar-refractivity contribution in [3.8, 4) is 0 Å². The SMILES string of the molecule is C=CCCC[SiH](OCC)OCC. The summed E-state index contributed by atoms with van der Waals surface area (Å²) in [6.45, 7) is 9.29. The van der Waals surface area contributed by atoms with Crippen LogP contribution in [0.2, 0.25) is 6.04 Å². The van der Waals surface area contributed by atoms with Crippen molar-refractivity contribution in [1.29, 1.82) is 0 Å². The first-order valence-electron chi connectivity index (χ1n) is 4.69. The average Bonchev–Trinajstić information content (AvgIpc) is 2.06. The van der Waals surface area contributed by atoms with Crippen molar-refractivity contribution in [3.63, 3.8) is 0 Å². The Hall–Kier alpha value is -0.123. The van der Waals surface area contributed by atoms with Crippen molar-refractivity contribution in [3.05, 3.63) is 12.7 Å². The van der Waals surface area contributed by atoms with E-state index >= 15 is 0 Å². The van der Waals surface area contributed by atoms with Crippen molar-refractivity contribution < 1.29 is 8.85 Å². The van der Waals surface area contributed by atoms with Gasteiger partial charge in [0.25, 0.3) is 0 Å². The Morgan fingerprint density at radius 1 is 1.25 bits per heavy atom. The van der Waals surface area contributed by atoms with Crippen LogP contribution in [0.1, 0.15) is 26.7 Å². The van der Waals surface area contributed by atoms with Crippen molar-refractivity contribution in [2.24, 2.45) is 0 Å². The first kappa shape index (κ1) is 11.9. The van der Waals surface area contributed by atoms with Crippen LogP contribution in [-0.4, -0.2) is 22.5 Å². The maximum Gasteiger partial charge on any atom is 0.321 e. The zero-order valence-corrected chi connectivity index (χ0v) is 9.37. The minimum Gasteiger partial charge on any atom is -0.397 e. The van der Waals surface area contributed by atoms with Crippen LogP contribution in [-0.2, 0) is 8.85 Å². The van der Waals surface area contributed by atoms with E-state index in [9.17, 15) is 0 Å². The molecule has 0 heterocycles. The fourth-order valence-electron chi connectivity index (χ4n) is 1.02. The average molecular weight is 188 g/mol. The molecule has 0 N–H and O–H groups in total. The Morgan fingerprint density at radius 3 is 2.25 bits per heavy atom. The Morgan fingerprint density at radius 2 is 1.83 bits per heavy atom. The maximum absolute atomic E-state index is 5.51. The molecule has 3 heteroatoms. The molecular formula is C9H20O2Si. The molecule has 0 aliphatic carbocycles. The Bertz CT molecular complexity index is 101. The lowest BCUT2D eigenvalue weighted by Gasteiger charge is -2.13. The predicted molar refractivity (Wildman–Crippen MR) is 54.6 cm³/mol. The van der Waals surface area contributed by atoms with E-state index in [4.69, 9.17) is 8.85 Å². The van der Waals surface area contributed by atoms with E-state index in [1.54, 1.807) is 0 Å². The summed E-state index contributed by atoms with van der Waals surface area (Å²) >= 11 is 0. The molecule has 0 fully saturated rings. The second kappa shape index (κ2) is 8.97. The van der Waals surface area contributed by atoms with Crippen LogP contribution in [0.15, 0.2) is 12.7 Å². The van der Waals surface area contributed by atoms with Gasteiger partial charge >= 0.3 is 9.28 Å². The molecule has 0 spiro atoms. The molecular weight excluding hydrogens is 168 g/mol. The standard InChI is InChI=1S/C9H20O2Si/c1-4-7-8-9-12(10-5-2)11-6-3/h4,12H,1,5-9H2,2-3H3. The Kier molecular flexibility index (Phi) is 8.88. The molecule has 0 unspecified atom stereocenters. The molecule has 0 saturated carbocycles. The highest BCUT2D eigenvalue weighted by molar-refractivity contribution is 6.44. The molecule has 0 rings (SSSR count). The van der Waals surface area contributed by atoms with Gasteiger partial charge in [0, 0.05) is 13.2 Å². The van der Waals surface area contributed by atoms with Crippen molar-refractivity contribution in [2.75, 3.05) is 13.2 Å². The van der Waals surface area contributed by atoms with Gasteiger partial charge in [-0.3, -0.25) is 0 Å². The van der Waals surface area contributed by atoms with E-state index in [2.05, 4.69) is 6.58 Å². The lowest BCUT2D eigenvalue weighted by molar-refractivity contribution is 0.213. The van der Waals surface area contributed by atoms with E-state index in [1.807, 2.05) is 19.9 Å². The third-order valence-electron chi connectivity index (χ3n) is 1.55. The first-order valence-corrected chi connectivity index (χ1v) is 6.45. The highest BCUT2D eigenvalue weighted by Gasteiger charge is 2.10. The molecule has 72 valence electrons. The molecule has 0 saturated heterocycles. The van der Waals surface area contributed by atoms with Crippen molar-refractivity contribution in [2.45, 2.75) is 32.7 Å². The zero-order valence-electron chi connectivity index (χ0n) is 8.21. The molecule has 0 atom stereocenters.